The van der Waals surface area contributed by atoms with Crippen LogP contribution in [0.5, 0.6) is 0 Å². The molecule has 26 heavy (non-hydrogen) atoms. The van der Waals surface area contributed by atoms with Crippen LogP contribution in [-0.4, -0.2) is 30.5 Å². The van der Waals surface area contributed by atoms with Gasteiger partial charge in [-0.25, -0.2) is 4.98 Å². The lowest BCUT2D eigenvalue weighted by atomic mass is 9.98. The maximum Gasteiger partial charge on any atom is 0.251 e. The molecule has 1 fully saturated rings. The Bertz CT molecular complexity index is 829. The lowest BCUT2D eigenvalue weighted by molar-refractivity contribution is 0.0945. The van der Waals surface area contributed by atoms with Gasteiger partial charge in [0.25, 0.3) is 5.91 Å². The Balaban J connectivity index is 1.32. The van der Waals surface area contributed by atoms with E-state index < -0.39 is 0 Å². The number of anilines is 1. The van der Waals surface area contributed by atoms with Crippen LogP contribution in [0.15, 0.2) is 52.7 Å². The lowest BCUT2D eigenvalue weighted by Gasteiger charge is -2.32. The van der Waals surface area contributed by atoms with E-state index in [-0.39, 0.29) is 5.91 Å². The molecule has 1 aliphatic rings. The topological polar surface area (TPSA) is 45.2 Å². The number of hydrogen-bond donors (Lipinski definition) is 1. The van der Waals surface area contributed by atoms with Crippen molar-refractivity contribution in [3.05, 3.63) is 58.2 Å². The van der Waals surface area contributed by atoms with E-state index in [1.54, 1.807) is 22.7 Å². The predicted octanol–water partition coefficient (Wildman–Crippen LogP) is 4.52. The minimum atomic E-state index is 0.00763. The fourth-order valence-corrected chi connectivity index (χ4v) is 4.70. The molecule has 6 heteroatoms. The minimum absolute atomic E-state index is 0.00763. The van der Waals surface area contributed by atoms with Gasteiger partial charge in [-0.1, -0.05) is 12.1 Å². The van der Waals surface area contributed by atoms with E-state index >= 15 is 0 Å². The minimum Gasteiger partial charge on any atom is -0.352 e. The van der Waals surface area contributed by atoms with E-state index in [0.717, 1.165) is 42.2 Å². The molecule has 0 aliphatic carbocycles. The van der Waals surface area contributed by atoms with Gasteiger partial charge in [0.2, 0.25) is 0 Å². The second-order valence-corrected chi connectivity index (χ2v) is 8.22. The number of carbonyl (C=O) groups is 1. The van der Waals surface area contributed by atoms with E-state index in [9.17, 15) is 4.79 Å². The molecule has 0 bridgehead atoms. The molecular formula is C20H21N3OS2. The first-order chi connectivity index (χ1) is 12.8. The SMILES string of the molecule is O=C(NCC1CCCN(c2nccs2)C1)c1ccc(-c2ccsc2)cc1. The molecule has 1 amide bonds. The highest BCUT2D eigenvalue weighted by Gasteiger charge is 2.22. The van der Waals surface area contributed by atoms with Crippen LogP contribution in [0.1, 0.15) is 23.2 Å². The van der Waals surface area contributed by atoms with Gasteiger partial charge in [-0.05, 0) is 58.8 Å². The molecule has 2 aromatic heterocycles. The first kappa shape index (κ1) is 17.2. The van der Waals surface area contributed by atoms with E-state index in [0.29, 0.717) is 12.5 Å². The van der Waals surface area contributed by atoms with Gasteiger partial charge in [0.05, 0.1) is 0 Å². The molecule has 1 aliphatic heterocycles. The summed E-state index contributed by atoms with van der Waals surface area (Å²) < 4.78 is 0. The van der Waals surface area contributed by atoms with Crippen LogP contribution >= 0.6 is 22.7 Å². The Hall–Kier alpha value is -2.18. The van der Waals surface area contributed by atoms with Crippen molar-refractivity contribution in [1.29, 1.82) is 0 Å². The predicted molar refractivity (Wildman–Crippen MR) is 109 cm³/mol. The fraction of sp³-hybridized carbons (Fsp3) is 0.300. The summed E-state index contributed by atoms with van der Waals surface area (Å²) in [4.78, 5) is 19.2. The highest BCUT2D eigenvalue weighted by Crippen LogP contribution is 2.25. The van der Waals surface area contributed by atoms with Crippen molar-refractivity contribution in [2.75, 3.05) is 24.5 Å². The van der Waals surface area contributed by atoms with Crippen molar-refractivity contribution < 1.29 is 4.79 Å². The second-order valence-electron chi connectivity index (χ2n) is 6.57. The molecule has 3 heterocycles. The number of nitrogens with one attached hydrogen (secondary N) is 1. The molecule has 1 aromatic carbocycles. The van der Waals surface area contributed by atoms with Crippen molar-refractivity contribution in [3.63, 3.8) is 0 Å². The van der Waals surface area contributed by atoms with E-state index in [1.165, 1.54) is 5.56 Å². The van der Waals surface area contributed by atoms with Gasteiger partial charge in [-0.3, -0.25) is 4.79 Å². The highest BCUT2D eigenvalue weighted by atomic mass is 32.1. The van der Waals surface area contributed by atoms with Gasteiger partial charge < -0.3 is 10.2 Å². The molecule has 1 saturated heterocycles. The Morgan fingerprint density at radius 2 is 2.08 bits per heavy atom. The molecule has 1 N–H and O–H groups in total. The first-order valence-corrected chi connectivity index (χ1v) is 10.7. The molecular weight excluding hydrogens is 362 g/mol. The summed E-state index contributed by atoms with van der Waals surface area (Å²) in [6, 6.07) is 9.94. The smallest absolute Gasteiger partial charge is 0.251 e. The van der Waals surface area contributed by atoms with Gasteiger partial charge in [0.15, 0.2) is 5.13 Å². The molecule has 0 radical (unpaired) electrons. The Labute approximate surface area is 161 Å². The average Bonchev–Trinajstić information content (AvgIpc) is 3.40. The van der Waals surface area contributed by atoms with Crippen LogP contribution in [0.25, 0.3) is 11.1 Å². The molecule has 1 unspecified atom stereocenters. The zero-order valence-electron chi connectivity index (χ0n) is 14.4. The number of benzene rings is 1. The third-order valence-electron chi connectivity index (χ3n) is 4.76. The molecule has 4 rings (SSSR count). The van der Waals surface area contributed by atoms with Gasteiger partial charge >= 0.3 is 0 Å². The summed E-state index contributed by atoms with van der Waals surface area (Å²) in [6.07, 6.45) is 4.15. The maximum atomic E-state index is 12.5. The molecule has 0 saturated carbocycles. The van der Waals surface area contributed by atoms with Crippen LogP contribution in [0.2, 0.25) is 0 Å². The van der Waals surface area contributed by atoms with E-state index in [4.69, 9.17) is 0 Å². The second kappa shape index (κ2) is 8.01. The number of rotatable bonds is 5. The van der Waals surface area contributed by atoms with Crippen molar-refractivity contribution in [3.8, 4) is 11.1 Å². The summed E-state index contributed by atoms with van der Waals surface area (Å²) in [7, 11) is 0. The summed E-state index contributed by atoms with van der Waals surface area (Å²) in [5.41, 5.74) is 3.07. The number of hydrogen-bond acceptors (Lipinski definition) is 5. The Morgan fingerprint density at radius 1 is 1.19 bits per heavy atom. The van der Waals surface area contributed by atoms with E-state index in [2.05, 4.69) is 32.0 Å². The number of piperidine rings is 1. The zero-order chi connectivity index (χ0) is 17.8. The van der Waals surface area contributed by atoms with Crippen LogP contribution in [0, 0.1) is 5.92 Å². The standard InChI is InChI=1S/C20H21N3OS2/c24-19(17-5-3-16(4-6-17)18-7-10-25-14-18)22-12-15-2-1-9-23(13-15)20-21-8-11-26-20/h3-8,10-11,14-15H,1-2,9,12-13H2,(H,22,24). The number of aromatic nitrogens is 1. The van der Waals surface area contributed by atoms with Crippen molar-refractivity contribution >= 4 is 33.7 Å². The fourth-order valence-electron chi connectivity index (χ4n) is 3.36. The highest BCUT2D eigenvalue weighted by molar-refractivity contribution is 7.13. The van der Waals surface area contributed by atoms with Crippen molar-refractivity contribution in [2.45, 2.75) is 12.8 Å². The third-order valence-corrected chi connectivity index (χ3v) is 6.28. The number of carbonyl (C=O) groups excluding carboxylic acids is 1. The summed E-state index contributed by atoms with van der Waals surface area (Å²) in [5.74, 6) is 0.481. The van der Waals surface area contributed by atoms with Crippen LogP contribution in [-0.2, 0) is 0 Å². The van der Waals surface area contributed by atoms with E-state index in [1.807, 2.05) is 35.8 Å². The Morgan fingerprint density at radius 3 is 2.81 bits per heavy atom. The first-order valence-electron chi connectivity index (χ1n) is 8.85. The lowest BCUT2D eigenvalue weighted by Crippen LogP contribution is -2.41. The Kier molecular flexibility index (Phi) is 5.32. The summed E-state index contributed by atoms with van der Waals surface area (Å²) in [5, 5.41) is 10.4. The van der Waals surface area contributed by atoms with Crippen molar-refractivity contribution in [1.82, 2.24) is 10.3 Å². The summed E-state index contributed by atoms with van der Waals surface area (Å²) >= 11 is 3.36. The van der Waals surface area contributed by atoms with Crippen LogP contribution in [0.4, 0.5) is 5.13 Å². The largest absolute Gasteiger partial charge is 0.352 e. The maximum absolute atomic E-state index is 12.5. The van der Waals surface area contributed by atoms with Gasteiger partial charge in [0, 0.05) is 36.8 Å². The normalized spacial score (nSPS) is 17.2. The number of nitrogens with zero attached hydrogens (tertiary/aromatic N) is 2. The van der Waals surface area contributed by atoms with Crippen molar-refractivity contribution in [2.24, 2.45) is 5.92 Å². The molecule has 1 atom stereocenters. The van der Waals surface area contributed by atoms with Gasteiger partial charge in [-0.15, -0.1) is 11.3 Å². The van der Waals surface area contributed by atoms with Crippen LogP contribution < -0.4 is 10.2 Å². The van der Waals surface area contributed by atoms with Gasteiger partial charge in [0.1, 0.15) is 0 Å². The summed E-state index contributed by atoms with van der Waals surface area (Å²) in [6.45, 7) is 2.74. The average molecular weight is 384 g/mol. The molecule has 4 nitrogen and oxygen atoms in total. The number of thiophene rings is 1. The molecule has 3 aromatic rings. The molecule has 0 spiro atoms. The monoisotopic (exact) mass is 383 g/mol. The molecule has 134 valence electrons. The van der Waals surface area contributed by atoms with Gasteiger partial charge in [-0.2, -0.15) is 11.3 Å². The third kappa shape index (κ3) is 3.97. The zero-order valence-corrected chi connectivity index (χ0v) is 16.1. The number of thiazole rings is 1. The number of amides is 1. The van der Waals surface area contributed by atoms with Crippen LogP contribution in [0.3, 0.4) is 0 Å². The quantitative estimate of drug-likeness (QED) is 0.705.